The van der Waals surface area contributed by atoms with Gasteiger partial charge in [0.1, 0.15) is 11.8 Å². The molecule has 0 spiro atoms. The second-order valence-corrected chi connectivity index (χ2v) is 7.21. The number of nitriles is 1. The number of carbonyl (C=O) groups excluding carboxylic acids is 1. The van der Waals surface area contributed by atoms with Crippen LogP contribution in [0.2, 0.25) is 0 Å². The van der Waals surface area contributed by atoms with Gasteiger partial charge in [-0.1, -0.05) is 38.3 Å². The number of benzene rings is 1. The molecule has 1 aromatic rings. The van der Waals surface area contributed by atoms with Crippen LogP contribution in [0, 0.1) is 11.3 Å². The highest BCUT2D eigenvalue weighted by molar-refractivity contribution is 5.81. The van der Waals surface area contributed by atoms with Crippen molar-refractivity contribution in [1.29, 1.82) is 5.26 Å². The zero-order valence-electron chi connectivity index (χ0n) is 17.2. The van der Waals surface area contributed by atoms with Crippen LogP contribution in [0.5, 0.6) is 5.75 Å². The number of amides is 1. The maximum atomic E-state index is 13.1. The van der Waals surface area contributed by atoms with E-state index < -0.39 is 6.10 Å². The summed E-state index contributed by atoms with van der Waals surface area (Å²) >= 11 is 0. The van der Waals surface area contributed by atoms with E-state index in [9.17, 15) is 10.1 Å². The number of para-hydroxylation sites is 1. The maximum absolute atomic E-state index is 13.1. The molecule has 1 aliphatic heterocycles. The van der Waals surface area contributed by atoms with E-state index in [-0.39, 0.29) is 5.91 Å². The first-order valence-corrected chi connectivity index (χ1v) is 10.4. The quantitative estimate of drug-likeness (QED) is 0.546. The number of unbranched alkanes of at least 4 members (excludes halogenated alkanes) is 3. The molecule has 6 nitrogen and oxygen atoms in total. The van der Waals surface area contributed by atoms with Crippen LogP contribution in [-0.2, 0) is 9.53 Å². The topological polar surface area (TPSA) is 65.8 Å². The Bertz CT molecular complexity index is 638. The third-order valence-electron chi connectivity index (χ3n) is 5.04. The summed E-state index contributed by atoms with van der Waals surface area (Å²) in [4.78, 5) is 17.3. The van der Waals surface area contributed by atoms with E-state index in [1.165, 1.54) is 12.8 Å². The highest BCUT2D eigenvalue weighted by Gasteiger charge is 2.23. The standard InChI is InChI=1S/C22H33N3O3/c1-3-4-5-8-11-25(13-12-24-14-16-27-17-15-24)22(26)19(2)28-21-10-7-6-9-20(21)18-23/h6-7,9-10,19H,3-5,8,11-17H2,1-2H3. The second kappa shape index (κ2) is 12.4. The molecule has 28 heavy (non-hydrogen) atoms. The fraction of sp³-hybridized carbons (Fsp3) is 0.636. The van der Waals surface area contributed by atoms with Crippen LogP contribution in [0.1, 0.15) is 45.1 Å². The molecule has 2 rings (SSSR count). The van der Waals surface area contributed by atoms with Gasteiger partial charge in [-0.25, -0.2) is 0 Å². The molecule has 1 aliphatic rings. The van der Waals surface area contributed by atoms with Crippen molar-refractivity contribution < 1.29 is 14.3 Å². The number of hydrogen-bond acceptors (Lipinski definition) is 5. The molecule has 1 amide bonds. The summed E-state index contributed by atoms with van der Waals surface area (Å²) in [5.74, 6) is 0.447. The van der Waals surface area contributed by atoms with Gasteiger partial charge in [0.05, 0.1) is 18.8 Å². The molecule has 1 atom stereocenters. The summed E-state index contributed by atoms with van der Waals surface area (Å²) in [6, 6.07) is 9.16. The van der Waals surface area contributed by atoms with E-state index in [2.05, 4.69) is 17.9 Å². The van der Waals surface area contributed by atoms with Crippen LogP contribution < -0.4 is 4.74 Å². The van der Waals surface area contributed by atoms with Crippen molar-refractivity contribution in [3.63, 3.8) is 0 Å². The Labute approximate surface area is 169 Å². The minimum absolute atomic E-state index is 0.0162. The van der Waals surface area contributed by atoms with Crippen molar-refractivity contribution >= 4 is 5.91 Å². The molecule has 0 radical (unpaired) electrons. The largest absolute Gasteiger partial charge is 0.480 e. The third-order valence-corrected chi connectivity index (χ3v) is 5.04. The Hall–Kier alpha value is -2.10. The lowest BCUT2D eigenvalue weighted by Gasteiger charge is -2.31. The van der Waals surface area contributed by atoms with Crippen LogP contribution in [0.4, 0.5) is 0 Å². The SMILES string of the molecule is CCCCCCN(CCN1CCOCC1)C(=O)C(C)Oc1ccccc1C#N. The van der Waals surface area contributed by atoms with E-state index in [1.807, 2.05) is 11.0 Å². The number of morpholine rings is 1. The zero-order chi connectivity index (χ0) is 20.2. The van der Waals surface area contributed by atoms with Crippen LogP contribution in [0.25, 0.3) is 0 Å². The minimum atomic E-state index is -0.620. The fourth-order valence-corrected chi connectivity index (χ4v) is 3.31. The van der Waals surface area contributed by atoms with Crippen LogP contribution in [-0.4, -0.2) is 67.7 Å². The van der Waals surface area contributed by atoms with Crippen LogP contribution in [0.15, 0.2) is 24.3 Å². The predicted molar refractivity (Wildman–Crippen MR) is 109 cm³/mol. The first-order chi connectivity index (χ1) is 13.7. The van der Waals surface area contributed by atoms with E-state index in [0.29, 0.717) is 17.9 Å². The first kappa shape index (κ1) is 22.2. The lowest BCUT2D eigenvalue weighted by molar-refractivity contribution is -0.138. The van der Waals surface area contributed by atoms with Gasteiger partial charge in [-0.2, -0.15) is 5.26 Å². The molecule has 1 heterocycles. The van der Waals surface area contributed by atoms with Gasteiger partial charge in [-0.15, -0.1) is 0 Å². The van der Waals surface area contributed by atoms with Crippen molar-refractivity contribution in [1.82, 2.24) is 9.80 Å². The molecule has 0 aromatic heterocycles. The van der Waals surface area contributed by atoms with Crippen molar-refractivity contribution in [3.8, 4) is 11.8 Å². The summed E-state index contributed by atoms with van der Waals surface area (Å²) in [7, 11) is 0. The van der Waals surface area contributed by atoms with Crippen molar-refractivity contribution in [2.24, 2.45) is 0 Å². The molecule has 1 saturated heterocycles. The maximum Gasteiger partial charge on any atom is 0.263 e. The van der Waals surface area contributed by atoms with Gasteiger partial charge in [0.2, 0.25) is 0 Å². The highest BCUT2D eigenvalue weighted by atomic mass is 16.5. The van der Waals surface area contributed by atoms with Crippen molar-refractivity contribution in [3.05, 3.63) is 29.8 Å². The average Bonchev–Trinajstić information content (AvgIpc) is 2.74. The zero-order valence-corrected chi connectivity index (χ0v) is 17.2. The fourth-order valence-electron chi connectivity index (χ4n) is 3.31. The smallest absolute Gasteiger partial charge is 0.263 e. The van der Waals surface area contributed by atoms with E-state index >= 15 is 0 Å². The Morgan fingerprint density at radius 3 is 2.71 bits per heavy atom. The molecule has 6 heteroatoms. The molecular weight excluding hydrogens is 354 g/mol. The summed E-state index contributed by atoms with van der Waals surface area (Å²) < 4.78 is 11.3. The van der Waals surface area contributed by atoms with Crippen molar-refractivity contribution in [2.75, 3.05) is 45.9 Å². The Kier molecular flexibility index (Phi) is 9.81. The van der Waals surface area contributed by atoms with Gasteiger partial charge in [0.25, 0.3) is 5.91 Å². The molecule has 1 fully saturated rings. The average molecular weight is 388 g/mol. The summed E-state index contributed by atoms with van der Waals surface area (Å²) in [6.45, 7) is 9.59. The molecular formula is C22H33N3O3. The number of rotatable bonds is 11. The molecule has 154 valence electrons. The normalized spacial score (nSPS) is 15.6. The Morgan fingerprint density at radius 2 is 2.00 bits per heavy atom. The number of hydrogen-bond donors (Lipinski definition) is 0. The predicted octanol–water partition coefficient (Wildman–Crippen LogP) is 3.07. The van der Waals surface area contributed by atoms with Gasteiger partial charge >= 0.3 is 0 Å². The lowest BCUT2D eigenvalue weighted by Crippen LogP contribution is -2.46. The molecule has 1 aromatic carbocycles. The van der Waals surface area contributed by atoms with Crippen LogP contribution >= 0.6 is 0 Å². The third kappa shape index (κ3) is 7.14. The highest BCUT2D eigenvalue weighted by Crippen LogP contribution is 2.19. The Morgan fingerprint density at radius 1 is 1.25 bits per heavy atom. The number of ether oxygens (including phenoxy) is 2. The van der Waals surface area contributed by atoms with Gasteiger partial charge in [0, 0.05) is 32.7 Å². The number of nitrogens with zero attached hydrogens (tertiary/aromatic N) is 3. The van der Waals surface area contributed by atoms with E-state index in [4.69, 9.17) is 9.47 Å². The molecule has 0 aliphatic carbocycles. The first-order valence-electron chi connectivity index (χ1n) is 10.4. The van der Waals surface area contributed by atoms with Gasteiger partial charge < -0.3 is 14.4 Å². The monoisotopic (exact) mass is 387 g/mol. The second-order valence-electron chi connectivity index (χ2n) is 7.21. The van der Waals surface area contributed by atoms with Crippen LogP contribution in [0.3, 0.4) is 0 Å². The van der Waals surface area contributed by atoms with Gasteiger partial charge in [-0.3, -0.25) is 9.69 Å². The molecule has 0 N–H and O–H groups in total. The number of carbonyl (C=O) groups is 1. The summed E-state index contributed by atoms with van der Waals surface area (Å²) in [5, 5.41) is 9.23. The molecule has 0 bridgehead atoms. The van der Waals surface area contributed by atoms with E-state index in [1.54, 1.807) is 25.1 Å². The molecule has 1 unspecified atom stereocenters. The Balaban J connectivity index is 1.95. The summed E-state index contributed by atoms with van der Waals surface area (Å²) in [5.41, 5.74) is 0.449. The van der Waals surface area contributed by atoms with E-state index in [0.717, 1.165) is 52.2 Å². The molecule has 0 saturated carbocycles. The van der Waals surface area contributed by atoms with Crippen molar-refractivity contribution in [2.45, 2.75) is 45.6 Å². The minimum Gasteiger partial charge on any atom is -0.480 e. The lowest BCUT2D eigenvalue weighted by atomic mass is 10.2. The van der Waals surface area contributed by atoms with Gasteiger partial charge in [-0.05, 0) is 25.5 Å². The van der Waals surface area contributed by atoms with Gasteiger partial charge in [0.15, 0.2) is 6.10 Å². The summed E-state index contributed by atoms with van der Waals surface area (Å²) in [6.07, 6.45) is 3.87.